The Balaban J connectivity index is 0.000000495. The zero-order valence-electron chi connectivity index (χ0n) is 24.0. The fourth-order valence-corrected chi connectivity index (χ4v) is 3.71. The summed E-state index contributed by atoms with van der Waals surface area (Å²) >= 11 is 0. The Morgan fingerprint density at radius 2 is 1.72 bits per heavy atom. The molecule has 0 atom stereocenters. The molecule has 0 aliphatic carbocycles. The van der Waals surface area contributed by atoms with Crippen molar-refractivity contribution < 1.29 is 19.4 Å². The molecule has 1 aliphatic heterocycles. The quantitative estimate of drug-likeness (QED) is 0.486. The first kappa shape index (κ1) is 31.4. The number of carbonyl (C=O) groups excluding carboxylic acids is 1. The van der Waals surface area contributed by atoms with Gasteiger partial charge in [-0.3, -0.25) is 14.8 Å². The van der Waals surface area contributed by atoms with Gasteiger partial charge in [0.2, 0.25) is 0 Å². The maximum absolute atomic E-state index is 9.39. The zero-order chi connectivity index (χ0) is 27.5. The second-order valence-corrected chi connectivity index (χ2v) is 11.1. The van der Waals surface area contributed by atoms with Crippen molar-refractivity contribution in [3.8, 4) is 17.0 Å². The maximum Gasteiger partial charge on any atom is 0.293 e. The number of piperidine rings is 1. The maximum atomic E-state index is 9.39. The molecule has 0 spiro atoms. The van der Waals surface area contributed by atoms with E-state index in [1.165, 1.54) is 24.1 Å². The first-order chi connectivity index (χ1) is 16.7. The van der Waals surface area contributed by atoms with Gasteiger partial charge in [-0.15, -0.1) is 0 Å². The normalized spacial score (nSPS) is 14.7. The molecule has 0 unspecified atom stereocenters. The molecule has 7 nitrogen and oxygen atoms in total. The molecule has 36 heavy (non-hydrogen) atoms. The second kappa shape index (κ2) is 14.2. The lowest BCUT2D eigenvalue weighted by atomic mass is 9.82. The van der Waals surface area contributed by atoms with Gasteiger partial charge in [0.1, 0.15) is 5.75 Å². The molecule has 0 saturated carbocycles. The van der Waals surface area contributed by atoms with Crippen LogP contribution in [0.1, 0.15) is 79.5 Å². The van der Waals surface area contributed by atoms with Crippen LogP contribution in [0.5, 0.6) is 5.75 Å². The third-order valence-corrected chi connectivity index (χ3v) is 5.73. The molecule has 7 heteroatoms. The van der Waals surface area contributed by atoms with Gasteiger partial charge in [-0.25, -0.2) is 0 Å². The standard InChI is InChI=1S/C21H29N3O.C4H8O2.C4H10O/c1-6-17-15(2)22-14-18(19-8-7-16(25-5)13-23-19)20(17)24-11-9-21(3,4)10-12-24;1-4(2)6-3-5;1-4(2,3)5/h7-8,13-14H,6,9-12H2,1-5H3;3-4H,1-2H3;5H,1-3H3. The van der Waals surface area contributed by atoms with Crippen LogP contribution in [0.4, 0.5) is 5.69 Å². The molecule has 0 amide bonds. The Morgan fingerprint density at radius 1 is 1.14 bits per heavy atom. The van der Waals surface area contributed by atoms with E-state index in [9.17, 15) is 4.79 Å². The molecule has 1 saturated heterocycles. The number of rotatable bonds is 6. The summed E-state index contributed by atoms with van der Waals surface area (Å²) < 4.78 is 9.61. The number of anilines is 1. The van der Waals surface area contributed by atoms with Gasteiger partial charge in [0.25, 0.3) is 6.47 Å². The van der Waals surface area contributed by atoms with Crippen LogP contribution < -0.4 is 9.64 Å². The highest BCUT2D eigenvalue weighted by Gasteiger charge is 2.28. The predicted octanol–water partition coefficient (Wildman–Crippen LogP) is 5.99. The summed E-state index contributed by atoms with van der Waals surface area (Å²) in [6, 6.07) is 4.00. The number of hydrogen-bond donors (Lipinski definition) is 1. The summed E-state index contributed by atoms with van der Waals surface area (Å²) in [4.78, 5) is 21.2. The molecular weight excluding hydrogens is 454 g/mol. The summed E-state index contributed by atoms with van der Waals surface area (Å²) in [5, 5.41) is 8.52. The van der Waals surface area contributed by atoms with Gasteiger partial charge in [0.15, 0.2) is 0 Å². The number of aryl methyl sites for hydroxylation is 1. The fraction of sp³-hybridized carbons (Fsp3) is 0.621. The average Bonchev–Trinajstić information content (AvgIpc) is 2.78. The molecule has 202 valence electrons. The summed E-state index contributed by atoms with van der Waals surface area (Å²) in [6.07, 6.45) is 7.21. The van der Waals surface area contributed by atoms with Crippen LogP contribution in [0.2, 0.25) is 0 Å². The molecule has 3 heterocycles. The molecular formula is C29H47N3O4. The topological polar surface area (TPSA) is 84.8 Å². The minimum atomic E-state index is -0.500. The van der Waals surface area contributed by atoms with Crippen molar-refractivity contribution in [3.63, 3.8) is 0 Å². The van der Waals surface area contributed by atoms with Crippen LogP contribution >= 0.6 is 0 Å². The number of pyridine rings is 2. The van der Waals surface area contributed by atoms with Gasteiger partial charge in [-0.2, -0.15) is 0 Å². The summed E-state index contributed by atoms with van der Waals surface area (Å²) in [5.41, 5.74) is 5.81. The highest BCUT2D eigenvalue weighted by molar-refractivity contribution is 5.79. The third-order valence-electron chi connectivity index (χ3n) is 5.73. The van der Waals surface area contributed by atoms with E-state index in [0.717, 1.165) is 42.2 Å². The van der Waals surface area contributed by atoms with Crippen LogP contribution in [-0.2, 0) is 16.0 Å². The second-order valence-electron chi connectivity index (χ2n) is 11.1. The molecule has 1 aliphatic rings. The number of carbonyl (C=O) groups is 1. The first-order valence-electron chi connectivity index (χ1n) is 12.8. The minimum absolute atomic E-state index is 0.0301. The van der Waals surface area contributed by atoms with Gasteiger partial charge in [-0.1, -0.05) is 20.8 Å². The Bertz CT molecular complexity index is 919. The molecule has 1 N–H and O–H groups in total. The summed E-state index contributed by atoms with van der Waals surface area (Å²) in [7, 11) is 1.67. The molecule has 2 aromatic rings. The monoisotopic (exact) mass is 501 g/mol. The molecule has 3 rings (SSSR count). The summed E-state index contributed by atoms with van der Waals surface area (Å²) in [5.74, 6) is 0.779. The average molecular weight is 502 g/mol. The van der Waals surface area contributed by atoms with Crippen LogP contribution in [-0.4, -0.2) is 53.5 Å². The van der Waals surface area contributed by atoms with Crippen LogP contribution in [0.25, 0.3) is 11.3 Å². The number of ether oxygens (including phenoxy) is 2. The van der Waals surface area contributed by atoms with Crippen LogP contribution in [0.15, 0.2) is 24.5 Å². The van der Waals surface area contributed by atoms with Gasteiger partial charge in [0.05, 0.1) is 36.4 Å². The largest absolute Gasteiger partial charge is 0.495 e. The Labute approximate surface area is 218 Å². The predicted molar refractivity (Wildman–Crippen MR) is 148 cm³/mol. The van der Waals surface area contributed by atoms with Crippen molar-refractivity contribution in [1.82, 2.24) is 9.97 Å². The Kier molecular flexibility index (Phi) is 12.3. The zero-order valence-corrected chi connectivity index (χ0v) is 24.0. The van der Waals surface area contributed by atoms with Gasteiger partial charge in [0, 0.05) is 30.5 Å². The van der Waals surface area contributed by atoms with Crippen molar-refractivity contribution in [2.24, 2.45) is 5.41 Å². The summed E-state index contributed by atoms with van der Waals surface area (Å²) in [6.45, 7) is 20.5. The van der Waals surface area contributed by atoms with E-state index >= 15 is 0 Å². The molecule has 1 fully saturated rings. The lowest BCUT2D eigenvalue weighted by Gasteiger charge is -2.40. The molecule has 2 aromatic heterocycles. The van der Waals surface area contributed by atoms with Gasteiger partial charge < -0.3 is 19.5 Å². The van der Waals surface area contributed by atoms with Crippen LogP contribution in [0.3, 0.4) is 0 Å². The number of aliphatic hydroxyl groups is 1. The highest BCUT2D eigenvalue weighted by atomic mass is 16.5. The van der Waals surface area contributed by atoms with E-state index in [0.29, 0.717) is 11.9 Å². The van der Waals surface area contributed by atoms with Crippen molar-refractivity contribution in [1.29, 1.82) is 0 Å². The van der Waals surface area contributed by atoms with Crippen molar-refractivity contribution in [3.05, 3.63) is 35.8 Å². The smallest absolute Gasteiger partial charge is 0.293 e. The fourth-order valence-electron chi connectivity index (χ4n) is 3.71. The number of hydrogen-bond acceptors (Lipinski definition) is 7. The molecule has 0 radical (unpaired) electrons. The lowest BCUT2D eigenvalue weighted by Crippen LogP contribution is -2.38. The Morgan fingerprint density at radius 3 is 2.11 bits per heavy atom. The number of aromatic nitrogens is 2. The van der Waals surface area contributed by atoms with E-state index < -0.39 is 5.60 Å². The van der Waals surface area contributed by atoms with E-state index in [2.05, 4.69) is 47.3 Å². The first-order valence-corrected chi connectivity index (χ1v) is 12.8. The van der Waals surface area contributed by atoms with E-state index in [1.807, 2.05) is 18.3 Å². The van der Waals surface area contributed by atoms with E-state index in [4.69, 9.17) is 9.84 Å². The van der Waals surface area contributed by atoms with Gasteiger partial charge >= 0.3 is 0 Å². The highest BCUT2D eigenvalue weighted by Crippen LogP contribution is 2.39. The van der Waals surface area contributed by atoms with Crippen molar-refractivity contribution >= 4 is 12.2 Å². The van der Waals surface area contributed by atoms with Crippen LogP contribution in [0, 0.1) is 12.3 Å². The van der Waals surface area contributed by atoms with Gasteiger partial charge in [-0.05, 0) is 83.9 Å². The number of nitrogens with zero attached hydrogens (tertiary/aromatic N) is 3. The SMILES string of the molecule is CC(C)(C)O.CC(C)OC=O.CCc1c(C)ncc(-c2ccc(OC)cn2)c1N1CCC(C)(C)CC1. The third kappa shape index (κ3) is 10.9. The number of methoxy groups -OCH3 is 1. The lowest BCUT2D eigenvalue weighted by molar-refractivity contribution is -0.131. The molecule has 0 aromatic carbocycles. The van der Waals surface area contributed by atoms with E-state index in [1.54, 1.807) is 47.9 Å². The minimum Gasteiger partial charge on any atom is -0.495 e. The van der Waals surface area contributed by atoms with Crippen molar-refractivity contribution in [2.45, 2.75) is 93.3 Å². The van der Waals surface area contributed by atoms with Crippen molar-refractivity contribution in [2.75, 3.05) is 25.1 Å². The Hall–Kier alpha value is -2.67. The van der Waals surface area contributed by atoms with E-state index in [-0.39, 0.29) is 6.10 Å². The molecule has 0 bridgehead atoms.